The summed E-state index contributed by atoms with van der Waals surface area (Å²) < 4.78 is 26.7. The Bertz CT molecular complexity index is 1250. The lowest BCUT2D eigenvalue weighted by atomic mass is 9.48. The van der Waals surface area contributed by atoms with Crippen molar-refractivity contribution >= 4 is 21.6 Å². The number of sulfonamides is 1. The number of rotatable bonds is 7. The van der Waals surface area contributed by atoms with Crippen molar-refractivity contribution in [3.63, 3.8) is 0 Å². The molecule has 4 fully saturated rings. The van der Waals surface area contributed by atoms with E-state index in [-0.39, 0.29) is 23.9 Å². The number of carbonyl (C=O) groups excluding carboxylic acids is 1. The molecule has 1 N–H and O–H groups in total. The fourth-order valence-electron chi connectivity index (χ4n) is 8.37. The molecule has 1 unspecified atom stereocenters. The van der Waals surface area contributed by atoms with E-state index in [2.05, 4.69) is 35.6 Å². The number of nitrogens with zero attached hydrogens (tertiary/aromatic N) is 1. The lowest BCUT2D eigenvalue weighted by Crippen LogP contribution is -2.48. The SMILES string of the molecule is CC(NC(=O)CN(c1ccc(C23CC4CC(CC(C4)C2)C3)cc1)S(C)(=O)=O)c1ccc2c(c1)CCCC2. The first-order valence-electron chi connectivity index (χ1n) is 14.2. The zero-order chi connectivity index (χ0) is 25.8. The summed E-state index contributed by atoms with van der Waals surface area (Å²) in [5.74, 6) is 2.29. The number of fused-ring (bicyclic) bond motifs is 1. The molecule has 37 heavy (non-hydrogen) atoms. The molecule has 5 aliphatic rings. The molecule has 4 saturated carbocycles. The molecule has 5 aliphatic carbocycles. The normalized spacial score (nSPS) is 29.0. The zero-order valence-corrected chi connectivity index (χ0v) is 23.0. The van der Waals surface area contributed by atoms with Crippen LogP contribution in [0.5, 0.6) is 0 Å². The summed E-state index contributed by atoms with van der Waals surface area (Å²) in [4.78, 5) is 13.0. The van der Waals surface area contributed by atoms with Crippen molar-refractivity contribution < 1.29 is 13.2 Å². The van der Waals surface area contributed by atoms with Gasteiger partial charge in [0.1, 0.15) is 6.54 Å². The van der Waals surface area contributed by atoms with Crippen molar-refractivity contribution in [3.05, 3.63) is 64.7 Å². The molecule has 0 radical (unpaired) electrons. The summed E-state index contributed by atoms with van der Waals surface area (Å²) in [6.07, 6.45) is 13.9. The first-order chi connectivity index (χ1) is 17.7. The van der Waals surface area contributed by atoms with Gasteiger partial charge in [0.05, 0.1) is 18.0 Å². The Morgan fingerprint density at radius 1 is 0.946 bits per heavy atom. The standard InChI is InChI=1S/C31H40N2O3S/c1-21(26-8-7-25-5-3-4-6-27(25)16-26)32-30(34)20-33(37(2,35)36)29-11-9-28(10-12-29)31-17-22-13-23(18-31)15-24(14-22)19-31/h7-12,16,21-24H,3-6,13-15,17-20H2,1-2H3,(H,32,34). The van der Waals surface area contributed by atoms with Gasteiger partial charge < -0.3 is 5.32 Å². The van der Waals surface area contributed by atoms with Crippen LogP contribution in [0.4, 0.5) is 5.69 Å². The second-order valence-electron chi connectivity index (χ2n) is 12.5. The molecule has 2 aromatic carbocycles. The first kappa shape index (κ1) is 25.0. The molecule has 0 aromatic heterocycles. The minimum absolute atomic E-state index is 0.181. The van der Waals surface area contributed by atoms with Gasteiger partial charge in [0, 0.05) is 0 Å². The van der Waals surface area contributed by atoms with Crippen molar-refractivity contribution in [3.8, 4) is 0 Å². The van der Waals surface area contributed by atoms with Crippen LogP contribution in [-0.2, 0) is 33.1 Å². The molecule has 2 aromatic rings. The van der Waals surface area contributed by atoms with Crippen LogP contribution in [0, 0.1) is 17.8 Å². The van der Waals surface area contributed by atoms with Crippen LogP contribution in [0.2, 0.25) is 0 Å². The summed E-state index contributed by atoms with van der Waals surface area (Å²) in [6, 6.07) is 14.4. The maximum absolute atomic E-state index is 13.0. The van der Waals surface area contributed by atoms with Crippen molar-refractivity contribution in [1.82, 2.24) is 5.32 Å². The predicted molar refractivity (Wildman–Crippen MR) is 148 cm³/mol. The first-order valence-corrected chi connectivity index (χ1v) is 16.0. The largest absolute Gasteiger partial charge is 0.348 e. The molecule has 0 saturated heterocycles. The Morgan fingerprint density at radius 3 is 2.14 bits per heavy atom. The van der Waals surface area contributed by atoms with Gasteiger partial charge in [0.15, 0.2) is 0 Å². The van der Waals surface area contributed by atoms with Gasteiger partial charge in [-0.1, -0.05) is 30.3 Å². The number of benzene rings is 2. The third-order valence-electron chi connectivity index (χ3n) is 9.74. The summed E-state index contributed by atoms with van der Waals surface area (Å²) in [6.45, 7) is 1.75. The number of hydrogen-bond acceptors (Lipinski definition) is 3. The molecule has 5 nitrogen and oxygen atoms in total. The van der Waals surface area contributed by atoms with Crippen molar-refractivity contribution in [2.75, 3.05) is 17.1 Å². The average molecular weight is 521 g/mol. The van der Waals surface area contributed by atoms with E-state index in [1.807, 2.05) is 19.1 Å². The van der Waals surface area contributed by atoms with Crippen LogP contribution in [0.15, 0.2) is 42.5 Å². The third kappa shape index (κ3) is 4.94. The number of nitrogens with one attached hydrogen (secondary N) is 1. The maximum atomic E-state index is 13.0. The van der Waals surface area contributed by atoms with Crippen LogP contribution in [0.1, 0.15) is 86.6 Å². The third-order valence-corrected chi connectivity index (χ3v) is 10.9. The minimum atomic E-state index is -3.61. The van der Waals surface area contributed by atoms with Gasteiger partial charge in [-0.25, -0.2) is 8.42 Å². The lowest BCUT2D eigenvalue weighted by molar-refractivity contribution is -0.120. The Hall–Kier alpha value is -2.34. The van der Waals surface area contributed by atoms with Gasteiger partial charge in [0.2, 0.25) is 15.9 Å². The van der Waals surface area contributed by atoms with E-state index in [1.54, 1.807) is 0 Å². The summed E-state index contributed by atoms with van der Waals surface area (Å²) in [7, 11) is -3.61. The van der Waals surface area contributed by atoms with Crippen LogP contribution >= 0.6 is 0 Å². The van der Waals surface area contributed by atoms with Crippen molar-refractivity contribution in [2.45, 2.75) is 82.6 Å². The van der Waals surface area contributed by atoms with Crippen LogP contribution in [-0.4, -0.2) is 27.1 Å². The van der Waals surface area contributed by atoms with E-state index in [4.69, 9.17) is 0 Å². The molecule has 4 bridgehead atoms. The fraction of sp³-hybridized carbons (Fsp3) is 0.581. The quantitative estimate of drug-likeness (QED) is 0.511. The Morgan fingerprint density at radius 2 is 1.54 bits per heavy atom. The smallest absolute Gasteiger partial charge is 0.241 e. The molecule has 0 heterocycles. The lowest BCUT2D eigenvalue weighted by Gasteiger charge is -2.57. The maximum Gasteiger partial charge on any atom is 0.241 e. The monoisotopic (exact) mass is 520 g/mol. The van der Waals surface area contributed by atoms with Gasteiger partial charge >= 0.3 is 0 Å². The Balaban J connectivity index is 1.16. The number of hydrogen-bond donors (Lipinski definition) is 1. The molecule has 7 rings (SSSR count). The summed E-state index contributed by atoms with van der Waals surface area (Å²) in [5.41, 5.74) is 6.04. The van der Waals surface area contributed by atoms with E-state index in [1.165, 1.54) is 78.6 Å². The van der Waals surface area contributed by atoms with Crippen LogP contribution < -0.4 is 9.62 Å². The fourth-order valence-corrected chi connectivity index (χ4v) is 9.23. The molecule has 198 valence electrons. The topological polar surface area (TPSA) is 66.5 Å². The van der Waals surface area contributed by atoms with E-state index >= 15 is 0 Å². The molecular weight excluding hydrogens is 480 g/mol. The molecule has 1 amide bonds. The van der Waals surface area contributed by atoms with Gasteiger partial charge in [-0.15, -0.1) is 0 Å². The Kier molecular flexibility index (Phi) is 6.37. The summed E-state index contributed by atoms with van der Waals surface area (Å²) in [5, 5.41) is 3.03. The highest BCUT2D eigenvalue weighted by molar-refractivity contribution is 7.92. The van der Waals surface area contributed by atoms with Gasteiger partial charge in [-0.05, 0) is 129 Å². The number of carbonyl (C=O) groups is 1. The van der Waals surface area contributed by atoms with Crippen molar-refractivity contribution in [1.29, 1.82) is 0 Å². The molecule has 1 atom stereocenters. The number of aryl methyl sites for hydroxylation is 2. The molecule has 6 heteroatoms. The highest BCUT2D eigenvalue weighted by Gasteiger charge is 2.51. The van der Waals surface area contributed by atoms with Gasteiger partial charge in [-0.3, -0.25) is 9.10 Å². The van der Waals surface area contributed by atoms with Gasteiger partial charge in [-0.2, -0.15) is 0 Å². The predicted octanol–water partition coefficient (Wildman–Crippen LogP) is 5.68. The summed E-state index contributed by atoms with van der Waals surface area (Å²) >= 11 is 0. The second-order valence-corrected chi connectivity index (χ2v) is 14.4. The Labute approximate surface area is 222 Å². The van der Waals surface area contributed by atoms with Crippen LogP contribution in [0.3, 0.4) is 0 Å². The molecular formula is C31H40N2O3S. The minimum Gasteiger partial charge on any atom is -0.348 e. The average Bonchev–Trinajstić information content (AvgIpc) is 2.85. The molecule has 0 spiro atoms. The van der Waals surface area contributed by atoms with Crippen LogP contribution in [0.25, 0.3) is 0 Å². The van der Waals surface area contributed by atoms with E-state index < -0.39 is 10.0 Å². The molecule has 0 aliphatic heterocycles. The zero-order valence-electron chi connectivity index (χ0n) is 22.2. The highest BCUT2D eigenvalue weighted by atomic mass is 32.2. The van der Waals surface area contributed by atoms with Crippen molar-refractivity contribution in [2.24, 2.45) is 17.8 Å². The number of anilines is 1. The second kappa shape index (κ2) is 9.44. The highest BCUT2D eigenvalue weighted by Crippen LogP contribution is 2.60. The van der Waals surface area contributed by atoms with E-state index in [0.717, 1.165) is 36.2 Å². The van der Waals surface area contributed by atoms with E-state index in [0.29, 0.717) is 5.69 Å². The van der Waals surface area contributed by atoms with E-state index in [9.17, 15) is 13.2 Å². The number of amides is 1. The van der Waals surface area contributed by atoms with Gasteiger partial charge in [0.25, 0.3) is 0 Å².